The number of hydrogen-bond donors (Lipinski definition) is 1. The summed E-state index contributed by atoms with van der Waals surface area (Å²) in [6.07, 6.45) is 0. The van der Waals surface area contributed by atoms with Crippen molar-refractivity contribution in [3.63, 3.8) is 0 Å². The molecule has 2 aromatic rings. The molecule has 0 bridgehead atoms. The van der Waals surface area contributed by atoms with Crippen LogP contribution in [0.5, 0.6) is 0 Å². The van der Waals surface area contributed by atoms with Crippen molar-refractivity contribution >= 4 is 29.1 Å². The van der Waals surface area contributed by atoms with Crippen LogP contribution in [0.4, 0.5) is 8.78 Å². The number of aromatic carboxylic acids is 1. The SMILES string of the molecule is Cc1nc(SCc2ccc(F)c(F)c2)sc1C(=O)O. The maximum Gasteiger partial charge on any atom is 0.347 e. The van der Waals surface area contributed by atoms with E-state index in [0.717, 1.165) is 23.5 Å². The van der Waals surface area contributed by atoms with Gasteiger partial charge in [-0.1, -0.05) is 17.8 Å². The number of aromatic nitrogens is 1. The van der Waals surface area contributed by atoms with E-state index in [1.54, 1.807) is 6.92 Å². The minimum absolute atomic E-state index is 0.202. The molecule has 0 unspecified atom stereocenters. The van der Waals surface area contributed by atoms with Crippen LogP contribution in [0, 0.1) is 18.6 Å². The molecule has 0 aliphatic rings. The summed E-state index contributed by atoms with van der Waals surface area (Å²) >= 11 is 2.37. The summed E-state index contributed by atoms with van der Waals surface area (Å²) in [5, 5.41) is 8.90. The molecule has 7 heteroatoms. The number of rotatable bonds is 4. The number of thiazole rings is 1. The lowest BCUT2D eigenvalue weighted by molar-refractivity contribution is 0.0701. The number of carbonyl (C=O) groups is 1. The summed E-state index contributed by atoms with van der Waals surface area (Å²) in [4.78, 5) is 15.2. The normalized spacial score (nSPS) is 10.7. The van der Waals surface area contributed by atoms with Crippen LogP contribution in [-0.4, -0.2) is 16.1 Å². The number of carboxylic acids is 1. The van der Waals surface area contributed by atoms with E-state index < -0.39 is 17.6 Å². The standard InChI is InChI=1S/C12H9F2NO2S2/c1-6-10(11(16)17)19-12(15-6)18-5-7-2-3-8(13)9(14)4-7/h2-4H,5H2,1H3,(H,16,17). The number of hydrogen-bond acceptors (Lipinski definition) is 4. The Morgan fingerprint density at radius 3 is 2.74 bits per heavy atom. The molecule has 0 aliphatic carbocycles. The van der Waals surface area contributed by atoms with Gasteiger partial charge in [0.25, 0.3) is 0 Å². The third kappa shape index (κ3) is 3.30. The van der Waals surface area contributed by atoms with Crippen LogP contribution in [0.1, 0.15) is 20.9 Å². The topological polar surface area (TPSA) is 50.2 Å². The average molecular weight is 301 g/mol. The van der Waals surface area contributed by atoms with Gasteiger partial charge in [-0.15, -0.1) is 11.3 Å². The molecular formula is C12H9F2NO2S2. The van der Waals surface area contributed by atoms with Crippen LogP contribution in [0.3, 0.4) is 0 Å². The molecule has 0 spiro atoms. The van der Waals surface area contributed by atoms with Crippen molar-refractivity contribution in [2.45, 2.75) is 17.0 Å². The van der Waals surface area contributed by atoms with E-state index in [2.05, 4.69) is 4.98 Å². The summed E-state index contributed by atoms with van der Waals surface area (Å²) < 4.78 is 26.4. The Bertz CT molecular complexity index is 628. The Hall–Kier alpha value is -1.47. The molecule has 3 nitrogen and oxygen atoms in total. The lowest BCUT2D eigenvalue weighted by Crippen LogP contribution is -1.94. The zero-order valence-corrected chi connectivity index (χ0v) is 11.4. The minimum Gasteiger partial charge on any atom is -0.477 e. The second-order valence-electron chi connectivity index (χ2n) is 3.74. The van der Waals surface area contributed by atoms with Gasteiger partial charge in [0.15, 0.2) is 16.0 Å². The zero-order chi connectivity index (χ0) is 14.0. The molecule has 0 fully saturated rings. The van der Waals surface area contributed by atoms with E-state index in [0.29, 0.717) is 21.3 Å². The number of nitrogens with zero attached hydrogens (tertiary/aromatic N) is 1. The highest BCUT2D eigenvalue weighted by atomic mass is 32.2. The van der Waals surface area contributed by atoms with Crippen LogP contribution in [0.2, 0.25) is 0 Å². The third-order valence-corrected chi connectivity index (χ3v) is 4.68. The second kappa shape index (κ2) is 5.66. The van der Waals surface area contributed by atoms with Gasteiger partial charge in [0.1, 0.15) is 4.88 Å². The maximum absolute atomic E-state index is 13.0. The Labute approximate surface area is 116 Å². The highest BCUT2D eigenvalue weighted by Gasteiger charge is 2.14. The van der Waals surface area contributed by atoms with Gasteiger partial charge in [-0.05, 0) is 24.6 Å². The lowest BCUT2D eigenvalue weighted by Gasteiger charge is -1.99. The molecule has 1 heterocycles. The molecule has 1 N–H and O–H groups in total. The zero-order valence-electron chi connectivity index (χ0n) is 9.81. The molecule has 19 heavy (non-hydrogen) atoms. The summed E-state index contributed by atoms with van der Waals surface area (Å²) in [5.41, 5.74) is 1.08. The average Bonchev–Trinajstić information content (AvgIpc) is 2.72. The monoisotopic (exact) mass is 301 g/mol. The van der Waals surface area contributed by atoms with Gasteiger partial charge in [0, 0.05) is 5.75 Å². The van der Waals surface area contributed by atoms with Gasteiger partial charge in [0.05, 0.1) is 5.69 Å². The van der Waals surface area contributed by atoms with Crippen LogP contribution in [0.15, 0.2) is 22.5 Å². The van der Waals surface area contributed by atoms with Crippen LogP contribution >= 0.6 is 23.1 Å². The first kappa shape index (κ1) is 14.0. The lowest BCUT2D eigenvalue weighted by atomic mass is 10.2. The van der Waals surface area contributed by atoms with Crippen molar-refractivity contribution in [2.75, 3.05) is 0 Å². The fourth-order valence-electron chi connectivity index (χ4n) is 1.41. The fraction of sp³-hybridized carbons (Fsp3) is 0.167. The molecule has 1 aromatic carbocycles. The van der Waals surface area contributed by atoms with Gasteiger partial charge in [-0.2, -0.15) is 0 Å². The van der Waals surface area contributed by atoms with Gasteiger partial charge in [0.2, 0.25) is 0 Å². The summed E-state index contributed by atoms with van der Waals surface area (Å²) in [6.45, 7) is 1.63. The first-order valence-electron chi connectivity index (χ1n) is 5.25. The molecule has 0 aliphatic heterocycles. The van der Waals surface area contributed by atoms with Crippen molar-refractivity contribution in [1.29, 1.82) is 0 Å². The molecule has 0 saturated heterocycles. The van der Waals surface area contributed by atoms with Crippen molar-refractivity contribution < 1.29 is 18.7 Å². The first-order chi connectivity index (χ1) is 8.97. The smallest absolute Gasteiger partial charge is 0.347 e. The van der Waals surface area contributed by atoms with Crippen molar-refractivity contribution in [1.82, 2.24) is 4.98 Å². The molecule has 0 atom stereocenters. The highest BCUT2D eigenvalue weighted by Crippen LogP contribution is 2.29. The third-order valence-electron chi connectivity index (χ3n) is 2.32. The maximum atomic E-state index is 13.0. The van der Waals surface area contributed by atoms with E-state index in [9.17, 15) is 13.6 Å². The van der Waals surface area contributed by atoms with Crippen LogP contribution < -0.4 is 0 Å². The van der Waals surface area contributed by atoms with Crippen LogP contribution in [-0.2, 0) is 5.75 Å². The van der Waals surface area contributed by atoms with Crippen molar-refractivity contribution in [3.05, 3.63) is 46.0 Å². The molecule has 0 amide bonds. The molecule has 2 rings (SSSR count). The molecule has 1 aromatic heterocycles. The van der Waals surface area contributed by atoms with E-state index >= 15 is 0 Å². The number of aryl methyl sites for hydroxylation is 1. The number of benzene rings is 1. The molecule has 0 radical (unpaired) electrons. The highest BCUT2D eigenvalue weighted by molar-refractivity contribution is 8.00. The summed E-state index contributed by atoms with van der Waals surface area (Å²) in [7, 11) is 0. The second-order valence-corrected chi connectivity index (χ2v) is 5.96. The van der Waals surface area contributed by atoms with E-state index in [4.69, 9.17) is 5.11 Å². The number of carboxylic acid groups (broad SMARTS) is 1. The summed E-state index contributed by atoms with van der Waals surface area (Å²) in [5.74, 6) is -2.37. The van der Waals surface area contributed by atoms with E-state index in [-0.39, 0.29) is 4.88 Å². The van der Waals surface area contributed by atoms with Gasteiger partial charge in [-0.25, -0.2) is 18.6 Å². The molecule has 100 valence electrons. The molecule has 0 saturated carbocycles. The van der Waals surface area contributed by atoms with E-state index in [1.165, 1.54) is 17.8 Å². The fourth-order valence-corrected chi connectivity index (χ4v) is 3.38. The number of thioether (sulfide) groups is 1. The summed E-state index contributed by atoms with van der Waals surface area (Å²) in [6, 6.07) is 3.69. The molecular weight excluding hydrogens is 292 g/mol. The van der Waals surface area contributed by atoms with E-state index in [1.807, 2.05) is 0 Å². The number of halogens is 2. The van der Waals surface area contributed by atoms with Gasteiger partial charge >= 0.3 is 5.97 Å². The predicted molar refractivity (Wildman–Crippen MR) is 69.7 cm³/mol. The first-order valence-corrected chi connectivity index (χ1v) is 7.05. The predicted octanol–water partition coefficient (Wildman–Crippen LogP) is 3.72. The minimum atomic E-state index is -1.00. The quantitative estimate of drug-likeness (QED) is 0.874. The van der Waals surface area contributed by atoms with Crippen molar-refractivity contribution in [3.8, 4) is 0 Å². The van der Waals surface area contributed by atoms with Crippen molar-refractivity contribution in [2.24, 2.45) is 0 Å². The Morgan fingerprint density at radius 2 is 2.16 bits per heavy atom. The Kier molecular flexibility index (Phi) is 4.16. The Balaban J connectivity index is 2.08. The van der Waals surface area contributed by atoms with Crippen LogP contribution in [0.25, 0.3) is 0 Å². The van der Waals surface area contributed by atoms with Gasteiger partial charge in [-0.3, -0.25) is 0 Å². The van der Waals surface area contributed by atoms with Gasteiger partial charge < -0.3 is 5.11 Å². The Morgan fingerprint density at radius 1 is 1.42 bits per heavy atom. The largest absolute Gasteiger partial charge is 0.477 e.